The summed E-state index contributed by atoms with van der Waals surface area (Å²) in [6.45, 7) is -0.417. The van der Waals surface area contributed by atoms with Crippen molar-refractivity contribution >= 4 is 11.8 Å². The molecule has 1 aromatic carbocycles. The summed E-state index contributed by atoms with van der Waals surface area (Å²) in [5.41, 5.74) is 10.6. The molecule has 0 aromatic heterocycles. The Bertz CT molecular complexity index is 354. The minimum absolute atomic E-state index is 0.0133. The first-order chi connectivity index (χ1) is 8.02. The molecule has 0 amide bonds. The first-order valence-corrected chi connectivity index (χ1v) is 4.90. The molecule has 6 heteroatoms. The standard InChI is InChI=1S/C8H9NO.C3H7NO3/c9-6-8(10)7-4-2-1-3-5-7;4-2(1-5)3(6)7/h1-5H,6,9H2;2,5H,1,4H2,(H,6,7)/t;2-/m.0/s1. The first-order valence-electron chi connectivity index (χ1n) is 4.90. The number of benzene rings is 1. The highest BCUT2D eigenvalue weighted by atomic mass is 16.4. The molecule has 1 rings (SSSR count). The van der Waals surface area contributed by atoms with E-state index in [1.165, 1.54) is 0 Å². The number of hydrogen-bond acceptors (Lipinski definition) is 5. The van der Waals surface area contributed by atoms with E-state index in [-0.39, 0.29) is 12.3 Å². The third kappa shape index (κ3) is 6.41. The Hall–Kier alpha value is -1.76. The fourth-order valence-electron chi connectivity index (χ4n) is 0.820. The van der Waals surface area contributed by atoms with Crippen molar-refractivity contribution in [2.75, 3.05) is 13.2 Å². The Labute approximate surface area is 98.9 Å². The molecule has 6 N–H and O–H groups in total. The van der Waals surface area contributed by atoms with Crippen LogP contribution in [-0.4, -0.2) is 41.2 Å². The zero-order valence-corrected chi connectivity index (χ0v) is 9.24. The first kappa shape index (κ1) is 15.2. The summed E-state index contributed by atoms with van der Waals surface area (Å²) in [7, 11) is 0. The zero-order chi connectivity index (χ0) is 13.3. The number of Topliss-reactive ketones (excluding diaryl/α,β-unsaturated/α-hetero) is 1. The van der Waals surface area contributed by atoms with Gasteiger partial charge in [-0.1, -0.05) is 30.3 Å². The highest BCUT2D eigenvalue weighted by molar-refractivity contribution is 5.97. The lowest BCUT2D eigenvalue weighted by Crippen LogP contribution is -2.33. The van der Waals surface area contributed by atoms with Crippen LogP contribution < -0.4 is 11.5 Å². The van der Waals surface area contributed by atoms with Crippen LogP contribution in [0.1, 0.15) is 10.4 Å². The van der Waals surface area contributed by atoms with E-state index in [2.05, 4.69) is 0 Å². The molecule has 0 saturated heterocycles. The van der Waals surface area contributed by atoms with E-state index in [1.54, 1.807) is 12.1 Å². The van der Waals surface area contributed by atoms with Crippen molar-refractivity contribution in [3.8, 4) is 0 Å². The molecule has 6 nitrogen and oxygen atoms in total. The van der Waals surface area contributed by atoms with Crippen LogP contribution in [0, 0.1) is 0 Å². The number of rotatable bonds is 4. The van der Waals surface area contributed by atoms with E-state index < -0.39 is 18.6 Å². The van der Waals surface area contributed by atoms with Gasteiger partial charge in [0.1, 0.15) is 6.04 Å². The van der Waals surface area contributed by atoms with Crippen LogP contribution in [0.15, 0.2) is 30.3 Å². The summed E-state index contributed by atoms with van der Waals surface area (Å²) < 4.78 is 0. The van der Waals surface area contributed by atoms with Crippen LogP contribution in [0.2, 0.25) is 0 Å². The molecular formula is C11H16N2O4. The fraction of sp³-hybridized carbons (Fsp3) is 0.273. The molecule has 0 aliphatic heterocycles. The van der Waals surface area contributed by atoms with Crippen molar-refractivity contribution in [1.29, 1.82) is 0 Å². The second-order valence-electron chi connectivity index (χ2n) is 3.12. The number of nitrogens with two attached hydrogens (primary N) is 2. The molecule has 0 heterocycles. The fourth-order valence-corrected chi connectivity index (χ4v) is 0.820. The summed E-state index contributed by atoms with van der Waals surface area (Å²) >= 11 is 0. The van der Waals surface area contributed by atoms with Crippen molar-refractivity contribution in [1.82, 2.24) is 0 Å². The largest absolute Gasteiger partial charge is 0.480 e. The van der Waals surface area contributed by atoms with Crippen molar-refractivity contribution in [3.05, 3.63) is 35.9 Å². The normalized spacial score (nSPS) is 11.0. The Kier molecular flexibility index (Phi) is 7.53. The lowest BCUT2D eigenvalue weighted by atomic mass is 10.1. The quantitative estimate of drug-likeness (QED) is 0.511. The predicted molar refractivity (Wildman–Crippen MR) is 62.5 cm³/mol. The average molecular weight is 240 g/mol. The number of hydrogen-bond donors (Lipinski definition) is 4. The third-order valence-electron chi connectivity index (χ3n) is 1.80. The minimum atomic E-state index is -1.18. The smallest absolute Gasteiger partial charge is 0.322 e. The Morgan fingerprint density at radius 1 is 1.24 bits per heavy atom. The van der Waals surface area contributed by atoms with Crippen LogP contribution in [0.5, 0.6) is 0 Å². The lowest BCUT2D eigenvalue weighted by Gasteiger charge is -1.96. The van der Waals surface area contributed by atoms with Gasteiger partial charge in [0.15, 0.2) is 5.78 Å². The van der Waals surface area contributed by atoms with Crippen molar-refractivity contribution < 1.29 is 19.8 Å². The molecule has 17 heavy (non-hydrogen) atoms. The van der Waals surface area contributed by atoms with E-state index in [4.69, 9.17) is 21.7 Å². The van der Waals surface area contributed by atoms with Crippen molar-refractivity contribution in [2.45, 2.75) is 6.04 Å². The summed E-state index contributed by atoms with van der Waals surface area (Å²) in [6.07, 6.45) is 0. The van der Waals surface area contributed by atoms with Gasteiger partial charge in [0.05, 0.1) is 13.2 Å². The van der Waals surface area contributed by atoms with Gasteiger partial charge in [-0.2, -0.15) is 0 Å². The third-order valence-corrected chi connectivity index (χ3v) is 1.80. The number of ketones is 1. The van der Waals surface area contributed by atoms with Crippen LogP contribution in [0.4, 0.5) is 0 Å². The zero-order valence-electron chi connectivity index (χ0n) is 9.24. The van der Waals surface area contributed by atoms with Crippen LogP contribution in [0.3, 0.4) is 0 Å². The van der Waals surface area contributed by atoms with E-state index in [1.807, 2.05) is 18.2 Å². The molecule has 0 radical (unpaired) electrons. The minimum Gasteiger partial charge on any atom is -0.480 e. The molecule has 1 aromatic rings. The molecule has 0 unspecified atom stereocenters. The molecule has 0 fully saturated rings. The molecule has 0 aliphatic carbocycles. The summed E-state index contributed by atoms with van der Waals surface area (Å²) in [5, 5.41) is 15.9. The number of aliphatic carboxylic acids is 1. The number of carboxylic acid groups (broad SMARTS) is 1. The van der Waals surface area contributed by atoms with Crippen LogP contribution >= 0.6 is 0 Å². The van der Waals surface area contributed by atoms with Gasteiger partial charge in [-0.3, -0.25) is 9.59 Å². The van der Waals surface area contributed by atoms with Gasteiger partial charge in [-0.25, -0.2) is 0 Å². The Balaban J connectivity index is 0.000000325. The number of carboxylic acids is 1. The van der Waals surface area contributed by atoms with Gasteiger partial charge in [-0.05, 0) is 0 Å². The van der Waals surface area contributed by atoms with E-state index >= 15 is 0 Å². The molecule has 1 atom stereocenters. The predicted octanol–water partition coefficient (Wildman–Crippen LogP) is -0.781. The second kappa shape index (κ2) is 8.40. The maximum Gasteiger partial charge on any atom is 0.322 e. The molecular weight excluding hydrogens is 224 g/mol. The van der Waals surface area contributed by atoms with E-state index in [9.17, 15) is 9.59 Å². The molecule has 94 valence electrons. The van der Waals surface area contributed by atoms with Crippen molar-refractivity contribution in [3.63, 3.8) is 0 Å². The Morgan fingerprint density at radius 3 is 2.06 bits per heavy atom. The van der Waals surface area contributed by atoms with E-state index in [0.717, 1.165) is 0 Å². The van der Waals surface area contributed by atoms with Gasteiger partial charge in [0.2, 0.25) is 0 Å². The van der Waals surface area contributed by atoms with E-state index in [0.29, 0.717) is 5.56 Å². The molecule has 0 bridgehead atoms. The number of carbonyl (C=O) groups is 2. The summed E-state index contributed by atoms with van der Waals surface area (Å²) in [4.78, 5) is 20.5. The molecule has 0 saturated carbocycles. The van der Waals surface area contributed by atoms with Gasteiger partial charge in [0, 0.05) is 5.56 Å². The maximum atomic E-state index is 10.9. The van der Waals surface area contributed by atoms with Crippen LogP contribution in [-0.2, 0) is 4.79 Å². The van der Waals surface area contributed by atoms with Crippen LogP contribution in [0.25, 0.3) is 0 Å². The number of aliphatic hydroxyl groups is 1. The SMILES string of the molecule is NCC(=O)c1ccccc1.N[C@@H](CO)C(=O)O. The molecule has 0 spiro atoms. The van der Waals surface area contributed by atoms with Gasteiger partial charge >= 0.3 is 5.97 Å². The van der Waals surface area contributed by atoms with Crippen molar-refractivity contribution in [2.24, 2.45) is 11.5 Å². The van der Waals surface area contributed by atoms with Gasteiger partial charge < -0.3 is 21.7 Å². The highest BCUT2D eigenvalue weighted by Gasteiger charge is 2.07. The topological polar surface area (TPSA) is 127 Å². The van der Waals surface area contributed by atoms with Gasteiger partial charge in [0.25, 0.3) is 0 Å². The number of carbonyl (C=O) groups excluding carboxylic acids is 1. The second-order valence-corrected chi connectivity index (χ2v) is 3.12. The Morgan fingerprint density at radius 2 is 1.76 bits per heavy atom. The number of aliphatic hydroxyl groups excluding tert-OH is 1. The van der Waals surface area contributed by atoms with Gasteiger partial charge in [-0.15, -0.1) is 0 Å². The average Bonchev–Trinajstić information content (AvgIpc) is 2.38. The summed E-state index contributed by atoms with van der Waals surface area (Å²) in [5.74, 6) is -1.19. The molecule has 0 aliphatic rings. The lowest BCUT2D eigenvalue weighted by molar-refractivity contribution is -0.139. The summed E-state index contributed by atoms with van der Waals surface area (Å²) in [6, 6.07) is 7.91. The maximum absolute atomic E-state index is 10.9. The highest BCUT2D eigenvalue weighted by Crippen LogP contribution is 1.97. The monoisotopic (exact) mass is 240 g/mol.